The standard InChI is InChI=1S/C13H24N4/c1-10-4-5-12(11(2)8-10)14-7-6-13-16-15-9-17(13)3/h9-12,14H,4-8H2,1-3H3. The van der Waals surface area contributed by atoms with Crippen molar-refractivity contribution >= 4 is 0 Å². The Kier molecular flexibility index (Phi) is 4.15. The molecule has 1 N–H and O–H groups in total. The van der Waals surface area contributed by atoms with Gasteiger partial charge in [-0.1, -0.05) is 13.8 Å². The molecule has 0 saturated heterocycles. The number of nitrogens with zero attached hydrogens (tertiary/aromatic N) is 3. The zero-order valence-corrected chi connectivity index (χ0v) is 11.2. The lowest BCUT2D eigenvalue weighted by Gasteiger charge is -2.33. The molecule has 0 radical (unpaired) electrons. The van der Waals surface area contributed by atoms with Crippen LogP contribution >= 0.6 is 0 Å². The molecule has 1 aliphatic carbocycles. The van der Waals surface area contributed by atoms with E-state index in [0.717, 1.165) is 30.6 Å². The number of nitrogens with one attached hydrogen (secondary N) is 1. The second kappa shape index (κ2) is 5.63. The minimum absolute atomic E-state index is 0.694. The molecule has 4 heteroatoms. The summed E-state index contributed by atoms with van der Waals surface area (Å²) >= 11 is 0. The lowest BCUT2D eigenvalue weighted by Crippen LogP contribution is -2.40. The molecular weight excluding hydrogens is 212 g/mol. The highest BCUT2D eigenvalue weighted by atomic mass is 15.2. The van der Waals surface area contributed by atoms with Crippen LogP contribution in [0.3, 0.4) is 0 Å². The lowest BCUT2D eigenvalue weighted by molar-refractivity contribution is 0.229. The summed E-state index contributed by atoms with van der Waals surface area (Å²) in [5, 5.41) is 11.7. The predicted molar refractivity (Wildman–Crippen MR) is 68.7 cm³/mol. The first-order valence-electron chi connectivity index (χ1n) is 6.73. The van der Waals surface area contributed by atoms with Gasteiger partial charge in [0.1, 0.15) is 12.2 Å². The van der Waals surface area contributed by atoms with Crippen LogP contribution in [0.4, 0.5) is 0 Å². The number of aryl methyl sites for hydroxylation is 1. The van der Waals surface area contributed by atoms with Crippen molar-refractivity contribution in [1.29, 1.82) is 0 Å². The Morgan fingerprint density at radius 3 is 2.88 bits per heavy atom. The van der Waals surface area contributed by atoms with E-state index < -0.39 is 0 Å². The first-order valence-corrected chi connectivity index (χ1v) is 6.73. The van der Waals surface area contributed by atoms with Gasteiger partial charge >= 0.3 is 0 Å². The monoisotopic (exact) mass is 236 g/mol. The van der Waals surface area contributed by atoms with Crippen molar-refractivity contribution in [2.45, 2.75) is 45.6 Å². The molecule has 1 aromatic heterocycles. The highest BCUT2D eigenvalue weighted by molar-refractivity contribution is 4.87. The van der Waals surface area contributed by atoms with Gasteiger partial charge in [-0.15, -0.1) is 10.2 Å². The summed E-state index contributed by atoms with van der Waals surface area (Å²) < 4.78 is 1.99. The fourth-order valence-electron chi connectivity index (χ4n) is 2.87. The predicted octanol–water partition coefficient (Wildman–Crippen LogP) is 1.77. The largest absolute Gasteiger partial charge is 0.321 e. The Balaban J connectivity index is 1.73. The maximum absolute atomic E-state index is 4.10. The third-order valence-corrected chi connectivity index (χ3v) is 3.99. The topological polar surface area (TPSA) is 42.7 Å². The number of hydrogen-bond donors (Lipinski definition) is 1. The molecule has 0 aromatic carbocycles. The van der Waals surface area contributed by atoms with Crippen molar-refractivity contribution in [3.8, 4) is 0 Å². The average Bonchev–Trinajstić information content (AvgIpc) is 2.68. The van der Waals surface area contributed by atoms with E-state index in [-0.39, 0.29) is 0 Å². The van der Waals surface area contributed by atoms with Crippen LogP contribution in [0.5, 0.6) is 0 Å². The second-order valence-corrected chi connectivity index (χ2v) is 5.56. The molecule has 1 aromatic rings. The lowest BCUT2D eigenvalue weighted by atomic mass is 9.80. The molecule has 3 unspecified atom stereocenters. The quantitative estimate of drug-likeness (QED) is 0.866. The molecule has 0 spiro atoms. The van der Waals surface area contributed by atoms with Gasteiger partial charge in [-0.05, 0) is 31.1 Å². The van der Waals surface area contributed by atoms with E-state index in [4.69, 9.17) is 0 Å². The fraction of sp³-hybridized carbons (Fsp3) is 0.846. The van der Waals surface area contributed by atoms with Crippen molar-refractivity contribution in [3.63, 3.8) is 0 Å². The summed E-state index contributed by atoms with van der Waals surface area (Å²) in [7, 11) is 2.00. The van der Waals surface area contributed by atoms with E-state index in [1.807, 2.05) is 11.6 Å². The van der Waals surface area contributed by atoms with Gasteiger partial charge in [-0.3, -0.25) is 0 Å². The molecule has 1 aliphatic rings. The molecule has 1 saturated carbocycles. The molecule has 4 nitrogen and oxygen atoms in total. The van der Waals surface area contributed by atoms with Crippen molar-refractivity contribution in [2.24, 2.45) is 18.9 Å². The van der Waals surface area contributed by atoms with Crippen LogP contribution in [-0.4, -0.2) is 27.4 Å². The van der Waals surface area contributed by atoms with Gasteiger partial charge in [-0.2, -0.15) is 0 Å². The average molecular weight is 236 g/mol. The van der Waals surface area contributed by atoms with Gasteiger partial charge < -0.3 is 9.88 Å². The van der Waals surface area contributed by atoms with E-state index >= 15 is 0 Å². The third kappa shape index (κ3) is 3.28. The van der Waals surface area contributed by atoms with Crippen molar-refractivity contribution < 1.29 is 0 Å². The summed E-state index contributed by atoms with van der Waals surface area (Å²) in [5.41, 5.74) is 0. The van der Waals surface area contributed by atoms with Gasteiger partial charge in [0.2, 0.25) is 0 Å². The van der Waals surface area contributed by atoms with Crippen molar-refractivity contribution in [2.75, 3.05) is 6.54 Å². The molecule has 3 atom stereocenters. The summed E-state index contributed by atoms with van der Waals surface area (Å²) in [6.07, 6.45) is 6.78. The molecule has 0 bridgehead atoms. The number of hydrogen-bond acceptors (Lipinski definition) is 3. The molecule has 96 valence electrons. The smallest absolute Gasteiger partial charge is 0.133 e. The van der Waals surface area contributed by atoms with Crippen LogP contribution in [0.15, 0.2) is 6.33 Å². The normalized spacial score (nSPS) is 29.5. The Labute approximate surface area is 104 Å². The van der Waals surface area contributed by atoms with Crippen LogP contribution < -0.4 is 5.32 Å². The van der Waals surface area contributed by atoms with Crippen molar-refractivity contribution in [1.82, 2.24) is 20.1 Å². The van der Waals surface area contributed by atoms with E-state index in [0.29, 0.717) is 6.04 Å². The van der Waals surface area contributed by atoms with E-state index in [1.54, 1.807) is 6.33 Å². The first kappa shape index (κ1) is 12.6. The zero-order valence-electron chi connectivity index (χ0n) is 11.2. The maximum Gasteiger partial charge on any atom is 0.133 e. The minimum atomic E-state index is 0.694. The molecule has 0 amide bonds. The fourth-order valence-corrected chi connectivity index (χ4v) is 2.87. The molecule has 1 fully saturated rings. The first-order chi connectivity index (χ1) is 8.16. The van der Waals surface area contributed by atoms with E-state index in [9.17, 15) is 0 Å². The Bertz CT molecular complexity index is 347. The minimum Gasteiger partial charge on any atom is -0.321 e. The Hall–Kier alpha value is -0.900. The van der Waals surface area contributed by atoms with Crippen molar-refractivity contribution in [3.05, 3.63) is 12.2 Å². The Morgan fingerprint density at radius 1 is 1.41 bits per heavy atom. The third-order valence-electron chi connectivity index (χ3n) is 3.99. The summed E-state index contributed by atoms with van der Waals surface area (Å²) in [6.45, 7) is 5.75. The molecule has 0 aliphatic heterocycles. The SMILES string of the molecule is CC1CCC(NCCc2nncn2C)C(C)C1. The maximum atomic E-state index is 4.10. The molecule has 2 rings (SSSR count). The Morgan fingerprint density at radius 2 is 2.24 bits per heavy atom. The molecule has 17 heavy (non-hydrogen) atoms. The summed E-state index contributed by atoms with van der Waals surface area (Å²) in [5.74, 6) is 2.77. The molecule has 1 heterocycles. The zero-order chi connectivity index (χ0) is 12.3. The van der Waals surface area contributed by atoms with Gasteiger partial charge in [0.05, 0.1) is 0 Å². The van der Waals surface area contributed by atoms with Gasteiger partial charge in [0.15, 0.2) is 0 Å². The summed E-state index contributed by atoms with van der Waals surface area (Å²) in [4.78, 5) is 0. The van der Waals surface area contributed by atoms with E-state index in [1.165, 1.54) is 19.3 Å². The highest BCUT2D eigenvalue weighted by Gasteiger charge is 2.24. The van der Waals surface area contributed by atoms with Gasteiger partial charge in [0, 0.05) is 26.1 Å². The number of aromatic nitrogens is 3. The van der Waals surface area contributed by atoms with Crippen LogP contribution in [0.2, 0.25) is 0 Å². The highest BCUT2D eigenvalue weighted by Crippen LogP contribution is 2.28. The van der Waals surface area contributed by atoms with Gasteiger partial charge in [0.25, 0.3) is 0 Å². The van der Waals surface area contributed by atoms with Crippen LogP contribution in [-0.2, 0) is 13.5 Å². The van der Waals surface area contributed by atoms with Gasteiger partial charge in [-0.25, -0.2) is 0 Å². The van der Waals surface area contributed by atoms with E-state index in [2.05, 4.69) is 29.4 Å². The summed E-state index contributed by atoms with van der Waals surface area (Å²) in [6, 6.07) is 0.694. The second-order valence-electron chi connectivity index (χ2n) is 5.56. The number of rotatable bonds is 4. The molecular formula is C13H24N4. The van der Waals surface area contributed by atoms with Crippen LogP contribution in [0, 0.1) is 11.8 Å². The van der Waals surface area contributed by atoms with Crippen LogP contribution in [0.25, 0.3) is 0 Å². The van der Waals surface area contributed by atoms with Crippen LogP contribution in [0.1, 0.15) is 38.9 Å².